The van der Waals surface area contributed by atoms with Gasteiger partial charge in [0.1, 0.15) is 5.82 Å². The van der Waals surface area contributed by atoms with E-state index in [4.69, 9.17) is 19.3 Å². The monoisotopic (exact) mass is 529 g/mol. The number of aliphatic hydroxyl groups is 1. The lowest BCUT2D eigenvalue weighted by Gasteiger charge is -2.27. The minimum atomic E-state index is -0.802. The summed E-state index contributed by atoms with van der Waals surface area (Å²) in [7, 11) is 0. The molecule has 2 atom stereocenters. The van der Waals surface area contributed by atoms with Crippen molar-refractivity contribution >= 4 is 0 Å². The number of benzene rings is 2. The van der Waals surface area contributed by atoms with Crippen molar-refractivity contribution in [2.45, 2.75) is 52.4 Å². The Morgan fingerprint density at radius 3 is 2.63 bits per heavy atom. The van der Waals surface area contributed by atoms with Crippen LogP contribution >= 0.6 is 0 Å². The zero-order valence-corrected chi connectivity index (χ0v) is 22.3. The van der Waals surface area contributed by atoms with E-state index >= 15 is 0 Å². The first-order valence-electron chi connectivity index (χ1n) is 13.2. The summed E-state index contributed by atoms with van der Waals surface area (Å²) in [6, 6.07) is 12.6. The van der Waals surface area contributed by atoms with Crippen LogP contribution in [0.5, 0.6) is 11.6 Å². The van der Waals surface area contributed by atoms with Gasteiger partial charge in [-0.25, -0.2) is 13.5 Å². The summed E-state index contributed by atoms with van der Waals surface area (Å²) < 4.78 is 47.4. The Bertz CT molecular complexity index is 1170. The maximum Gasteiger partial charge on any atom is 0.227 e. The molecule has 0 spiro atoms. The van der Waals surface area contributed by atoms with E-state index < -0.39 is 17.7 Å². The van der Waals surface area contributed by atoms with Gasteiger partial charge < -0.3 is 19.3 Å². The number of aryl methyl sites for hydroxylation is 1. The standard InChI is InChI=1S/C29H37F2N3O4/c1-20(2)18-36-19-24(35)15-33(16-25-10-7-13-37-25)17-26-21(3)32-34(23-8-5-4-6-9-23)29(26)38-28-12-11-22(30)14-27(28)31/h4-6,8-9,11-12,14,20,24-25,35H,7,10,13,15-19H2,1-3H3/t24-,25+/m0/s1. The van der Waals surface area contributed by atoms with E-state index in [9.17, 15) is 13.9 Å². The molecule has 206 valence electrons. The molecule has 9 heteroatoms. The molecular formula is C29H37F2N3O4. The van der Waals surface area contributed by atoms with Gasteiger partial charge in [-0.1, -0.05) is 32.0 Å². The quantitative estimate of drug-likeness (QED) is 0.326. The van der Waals surface area contributed by atoms with Crippen molar-refractivity contribution < 1.29 is 28.1 Å². The first kappa shape index (κ1) is 28.2. The second kappa shape index (κ2) is 13.3. The van der Waals surface area contributed by atoms with Crippen molar-refractivity contribution in [1.29, 1.82) is 0 Å². The zero-order valence-electron chi connectivity index (χ0n) is 22.3. The lowest BCUT2D eigenvalue weighted by atomic mass is 10.1. The zero-order chi connectivity index (χ0) is 27.1. The van der Waals surface area contributed by atoms with Crippen molar-refractivity contribution in [3.8, 4) is 17.3 Å². The summed E-state index contributed by atoms with van der Waals surface area (Å²) in [5, 5.41) is 15.5. The predicted octanol–water partition coefficient (Wildman–Crippen LogP) is 5.27. The van der Waals surface area contributed by atoms with Crippen molar-refractivity contribution in [2.75, 3.05) is 32.9 Å². The maximum atomic E-state index is 14.6. The van der Waals surface area contributed by atoms with Gasteiger partial charge in [-0.05, 0) is 49.9 Å². The first-order valence-corrected chi connectivity index (χ1v) is 13.2. The normalized spacial score (nSPS) is 16.5. The highest BCUT2D eigenvalue weighted by molar-refractivity contribution is 5.43. The third kappa shape index (κ3) is 7.60. The predicted molar refractivity (Wildman–Crippen MR) is 141 cm³/mol. The number of halogens is 2. The van der Waals surface area contributed by atoms with Gasteiger partial charge in [-0.15, -0.1) is 0 Å². The third-order valence-corrected chi connectivity index (χ3v) is 6.34. The van der Waals surface area contributed by atoms with E-state index in [1.807, 2.05) is 37.3 Å². The van der Waals surface area contributed by atoms with Gasteiger partial charge in [0.2, 0.25) is 5.88 Å². The molecular weight excluding hydrogens is 492 g/mol. The lowest BCUT2D eigenvalue weighted by Crippen LogP contribution is -2.39. The van der Waals surface area contributed by atoms with Crippen molar-refractivity contribution in [3.63, 3.8) is 0 Å². The Morgan fingerprint density at radius 2 is 1.95 bits per heavy atom. The molecule has 1 aliphatic heterocycles. The van der Waals surface area contributed by atoms with Crippen LogP contribution < -0.4 is 4.74 Å². The Morgan fingerprint density at radius 1 is 1.16 bits per heavy atom. The fraction of sp³-hybridized carbons (Fsp3) is 0.483. The summed E-state index contributed by atoms with van der Waals surface area (Å²) in [5.74, 6) is -0.870. The number of hydrogen-bond donors (Lipinski definition) is 1. The van der Waals surface area contributed by atoms with E-state index in [0.29, 0.717) is 43.7 Å². The molecule has 1 saturated heterocycles. The highest BCUT2D eigenvalue weighted by atomic mass is 19.1. The summed E-state index contributed by atoms with van der Waals surface area (Å²) in [4.78, 5) is 2.10. The van der Waals surface area contributed by atoms with Gasteiger partial charge in [0.15, 0.2) is 11.6 Å². The van der Waals surface area contributed by atoms with Gasteiger partial charge in [0, 0.05) is 38.9 Å². The topological polar surface area (TPSA) is 69.0 Å². The largest absolute Gasteiger partial charge is 0.435 e. The highest BCUT2D eigenvalue weighted by Gasteiger charge is 2.26. The average Bonchev–Trinajstić information content (AvgIpc) is 3.49. The number of aliphatic hydroxyl groups excluding tert-OH is 1. The fourth-order valence-corrected chi connectivity index (χ4v) is 4.53. The molecule has 3 aromatic rings. The number of rotatable bonds is 13. The van der Waals surface area contributed by atoms with Gasteiger partial charge in [-0.3, -0.25) is 4.90 Å². The van der Waals surface area contributed by atoms with Crippen LogP contribution in [0.2, 0.25) is 0 Å². The first-order chi connectivity index (χ1) is 18.3. The van der Waals surface area contributed by atoms with Crippen LogP contribution in [0.4, 0.5) is 8.78 Å². The molecule has 0 radical (unpaired) electrons. The molecule has 38 heavy (non-hydrogen) atoms. The highest BCUT2D eigenvalue weighted by Crippen LogP contribution is 2.33. The van der Waals surface area contributed by atoms with Crippen molar-refractivity contribution in [2.24, 2.45) is 5.92 Å². The van der Waals surface area contributed by atoms with E-state index in [2.05, 4.69) is 18.7 Å². The molecule has 7 nitrogen and oxygen atoms in total. The third-order valence-electron chi connectivity index (χ3n) is 6.34. The molecule has 1 N–H and O–H groups in total. The molecule has 0 amide bonds. The molecule has 0 saturated carbocycles. The Kier molecular flexibility index (Phi) is 9.85. The second-order valence-corrected chi connectivity index (χ2v) is 10.2. The molecule has 1 fully saturated rings. The number of ether oxygens (including phenoxy) is 3. The van der Waals surface area contributed by atoms with Crippen molar-refractivity contribution in [1.82, 2.24) is 14.7 Å². The number of hydrogen-bond acceptors (Lipinski definition) is 6. The maximum absolute atomic E-state index is 14.6. The Labute approximate surface area is 222 Å². The number of para-hydroxylation sites is 1. The van der Waals surface area contributed by atoms with Gasteiger partial charge in [0.25, 0.3) is 0 Å². The molecule has 1 aromatic heterocycles. The van der Waals surface area contributed by atoms with Gasteiger partial charge in [0.05, 0.1) is 35.8 Å². The number of nitrogens with zero attached hydrogens (tertiary/aromatic N) is 3. The van der Waals surface area contributed by atoms with Crippen LogP contribution in [-0.2, 0) is 16.0 Å². The van der Waals surface area contributed by atoms with Crippen molar-refractivity contribution in [3.05, 3.63) is 71.4 Å². The van der Waals surface area contributed by atoms with Crippen LogP contribution in [0.15, 0.2) is 48.5 Å². The minimum Gasteiger partial charge on any atom is -0.435 e. The minimum absolute atomic E-state index is 0.0576. The fourth-order valence-electron chi connectivity index (χ4n) is 4.53. The Hall–Kier alpha value is -2.85. The summed E-state index contributed by atoms with van der Waals surface area (Å²) in [5.41, 5.74) is 2.19. The molecule has 0 unspecified atom stereocenters. The average molecular weight is 530 g/mol. The van der Waals surface area contributed by atoms with Gasteiger partial charge in [-0.2, -0.15) is 5.10 Å². The lowest BCUT2D eigenvalue weighted by molar-refractivity contribution is -0.00406. The van der Waals surface area contributed by atoms with E-state index in [1.54, 1.807) is 4.68 Å². The molecule has 4 rings (SSSR count). The van der Waals surface area contributed by atoms with Crippen LogP contribution in [0.1, 0.15) is 37.9 Å². The second-order valence-electron chi connectivity index (χ2n) is 10.2. The Balaban J connectivity index is 1.64. The van der Waals surface area contributed by atoms with E-state index in [0.717, 1.165) is 42.8 Å². The smallest absolute Gasteiger partial charge is 0.227 e. The van der Waals surface area contributed by atoms with Gasteiger partial charge >= 0.3 is 0 Å². The van der Waals surface area contributed by atoms with E-state index in [-0.39, 0.29) is 18.5 Å². The van der Waals surface area contributed by atoms with E-state index in [1.165, 1.54) is 6.07 Å². The molecule has 0 bridgehead atoms. The molecule has 1 aliphatic rings. The van der Waals surface area contributed by atoms with Crippen LogP contribution in [0.3, 0.4) is 0 Å². The van der Waals surface area contributed by atoms with Crippen LogP contribution in [0.25, 0.3) is 5.69 Å². The summed E-state index contributed by atoms with van der Waals surface area (Å²) in [6.07, 6.45) is 1.31. The van der Waals surface area contributed by atoms with Crippen LogP contribution in [0, 0.1) is 24.5 Å². The van der Waals surface area contributed by atoms with Crippen LogP contribution in [-0.4, -0.2) is 64.9 Å². The summed E-state index contributed by atoms with van der Waals surface area (Å²) >= 11 is 0. The SMILES string of the molecule is Cc1nn(-c2ccccc2)c(Oc2ccc(F)cc2F)c1CN(C[C@H](O)COCC(C)C)C[C@H]1CCCO1. The number of aromatic nitrogens is 2. The summed E-state index contributed by atoms with van der Waals surface area (Å²) in [6.45, 7) is 8.89. The molecule has 2 heterocycles. The molecule has 0 aliphatic carbocycles. The molecule has 2 aromatic carbocycles.